The van der Waals surface area contributed by atoms with E-state index in [2.05, 4.69) is 6.58 Å². The number of allylic oxidation sites excluding steroid dienone is 2. The normalized spacial score (nSPS) is 17.2. The van der Waals surface area contributed by atoms with Gasteiger partial charge in [-0.2, -0.15) is 0 Å². The Hall–Kier alpha value is -8.28. The number of aryl methyl sites for hydroxylation is 1. The number of hydrogen-bond donors (Lipinski definition) is 0. The fraction of sp³-hybridized carbons (Fsp3) is 0.0645. The largest absolute Gasteiger partial charge is 0.345 e. The molecule has 10 aromatic rings. The van der Waals surface area contributed by atoms with Gasteiger partial charge >= 0.3 is 0 Å². The Bertz CT molecular complexity index is 4710. The lowest BCUT2D eigenvalue weighted by molar-refractivity contribution is 1.13. The molecule has 0 atom stereocenters. The van der Waals surface area contributed by atoms with E-state index >= 15 is 0 Å². The zero-order chi connectivity index (χ0) is 62.7. The molecule has 5 heteroatoms. The summed E-state index contributed by atoms with van der Waals surface area (Å²) in [5.41, 5.74) is 2.43. The maximum atomic E-state index is 11.0. The van der Waals surface area contributed by atoms with Crippen molar-refractivity contribution in [2.24, 2.45) is 0 Å². The highest BCUT2D eigenvalue weighted by atomic mass is 15.2. The van der Waals surface area contributed by atoms with Gasteiger partial charge in [-0.05, 0) is 119 Å². The molecule has 0 spiro atoms. The summed E-state index contributed by atoms with van der Waals surface area (Å²) in [5, 5.41) is -0.854. The molecule has 67 heavy (non-hydrogen) atoms. The van der Waals surface area contributed by atoms with Crippen molar-refractivity contribution in [3.63, 3.8) is 0 Å². The minimum absolute atomic E-state index is 0.0180. The third kappa shape index (κ3) is 6.45. The van der Waals surface area contributed by atoms with Crippen molar-refractivity contribution in [3.05, 3.63) is 230 Å². The molecule has 0 amide bonds. The lowest BCUT2D eigenvalue weighted by atomic mass is 9.33. The maximum Gasteiger partial charge on any atom is 0.252 e. The highest BCUT2D eigenvalue weighted by molar-refractivity contribution is 7.00. The van der Waals surface area contributed by atoms with Crippen molar-refractivity contribution in [2.75, 3.05) is 28.8 Å². The van der Waals surface area contributed by atoms with Gasteiger partial charge in [0.15, 0.2) is 0 Å². The minimum Gasteiger partial charge on any atom is -0.345 e. The second-order valence-electron chi connectivity index (χ2n) is 16.4. The summed E-state index contributed by atoms with van der Waals surface area (Å²) in [7, 11) is 3.20. The number of anilines is 6. The van der Waals surface area contributed by atoms with Gasteiger partial charge in [-0.15, -0.1) is 0 Å². The summed E-state index contributed by atoms with van der Waals surface area (Å²) in [6, 6.07) is 15.4. The number of rotatable bonds is 8. The molecule has 0 aliphatic carbocycles. The number of likely N-dealkylation sites (N-methyl/N-ethyl adjacent to an activating group) is 1. The van der Waals surface area contributed by atoms with Crippen molar-refractivity contribution >= 4 is 79.0 Å². The summed E-state index contributed by atoms with van der Waals surface area (Å²) < 4.78 is 189. The topological polar surface area (TPSA) is 14.7 Å². The quantitative estimate of drug-likeness (QED) is 0.112. The van der Waals surface area contributed by atoms with Crippen LogP contribution in [0, 0.1) is 6.92 Å². The summed E-state index contributed by atoms with van der Waals surface area (Å²) >= 11 is 0. The maximum absolute atomic E-state index is 11.0. The van der Waals surface area contributed by atoms with Gasteiger partial charge in [0.05, 0.1) is 44.1 Å². The van der Waals surface area contributed by atoms with Crippen LogP contribution in [0.2, 0.25) is 0 Å². The number of para-hydroxylation sites is 2. The van der Waals surface area contributed by atoms with E-state index in [1.165, 1.54) is 18.9 Å². The van der Waals surface area contributed by atoms with E-state index in [1.807, 2.05) is 103 Å². The lowest BCUT2D eigenvalue weighted by Gasteiger charge is -2.44. The van der Waals surface area contributed by atoms with Gasteiger partial charge in [0.1, 0.15) is 0 Å². The lowest BCUT2D eigenvalue weighted by Crippen LogP contribution is -2.61. The molecule has 0 saturated heterocycles. The third-order valence-corrected chi connectivity index (χ3v) is 12.5. The molecular weight excluding hydrogens is 812 g/mol. The van der Waals surface area contributed by atoms with Gasteiger partial charge in [0.2, 0.25) is 0 Å². The highest BCUT2D eigenvalue weighted by Gasteiger charge is 2.43. The molecule has 9 aromatic carbocycles. The molecule has 1 aromatic heterocycles. The SMILES string of the molecule is [2H]/C(C)=C(\[2H])C(=C)N(C)c1c([2H])c([2H])c2c(c1[2H])N(C)c1cc(C)cc3c1B2c1c([2H])c([2H])c(-n2c4c([2H])c([2H])c([2H])c([2H])c4c4c([2H])c(-c5c([2H])c([2H])c([2H])c([2H])c5[2H])c([2H])c([2H])c42)c([2H])c1N3c1c(-c2ccccc2)cccc1-c1ccccc1. The number of fused-ring (bicyclic) bond motifs is 7. The zero-order valence-corrected chi connectivity index (χ0v) is 36.7. The van der Waals surface area contributed by atoms with Crippen LogP contribution >= 0.6 is 0 Å². The molecule has 0 fully saturated rings. The second kappa shape index (κ2) is 16.0. The molecular formula is C62H49BN4. The van der Waals surface area contributed by atoms with Gasteiger partial charge in [-0.1, -0.05) is 158 Å². The number of nitrogens with zero attached hydrogens (tertiary/aromatic N) is 4. The average Bonchev–Trinajstić information content (AvgIpc) is 1.60. The highest BCUT2D eigenvalue weighted by Crippen LogP contribution is 2.50. The van der Waals surface area contributed by atoms with Crippen LogP contribution < -0.4 is 31.1 Å². The number of aromatic nitrogens is 1. The molecule has 3 heterocycles. The van der Waals surface area contributed by atoms with Crippen LogP contribution in [-0.4, -0.2) is 25.4 Å². The van der Waals surface area contributed by atoms with Crippen molar-refractivity contribution in [2.45, 2.75) is 13.8 Å². The summed E-state index contributed by atoms with van der Waals surface area (Å²) in [6.07, 6.45) is 0. The Morgan fingerprint density at radius 3 is 2.01 bits per heavy atom. The second-order valence-corrected chi connectivity index (χ2v) is 16.4. The number of hydrogen-bond acceptors (Lipinski definition) is 3. The van der Waals surface area contributed by atoms with Crippen LogP contribution in [0.4, 0.5) is 34.1 Å². The molecule has 2 aliphatic rings. The van der Waals surface area contributed by atoms with Crippen molar-refractivity contribution < 1.29 is 27.4 Å². The first-order chi connectivity index (χ1) is 41.2. The van der Waals surface area contributed by atoms with Crippen LogP contribution in [-0.2, 0) is 0 Å². The first kappa shape index (κ1) is 24.3. The van der Waals surface area contributed by atoms with Crippen molar-refractivity contribution in [3.8, 4) is 39.1 Å². The van der Waals surface area contributed by atoms with Gasteiger partial charge in [0, 0.05) is 75.8 Å². The van der Waals surface area contributed by atoms with E-state index in [1.54, 1.807) is 11.9 Å². The molecule has 320 valence electrons. The Kier molecular flexibility index (Phi) is 5.81. The fourth-order valence-corrected chi connectivity index (χ4v) is 9.44. The van der Waals surface area contributed by atoms with Gasteiger partial charge in [-0.3, -0.25) is 0 Å². The summed E-state index contributed by atoms with van der Waals surface area (Å²) in [4.78, 5) is 4.86. The van der Waals surface area contributed by atoms with Crippen molar-refractivity contribution in [1.82, 2.24) is 4.57 Å². The Balaban J connectivity index is 1.30. The van der Waals surface area contributed by atoms with Gasteiger partial charge in [0.25, 0.3) is 6.71 Å². The molecule has 2 aliphatic heterocycles. The van der Waals surface area contributed by atoms with Gasteiger partial charge < -0.3 is 19.3 Å². The van der Waals surface area contributed by atoms with E-state index < -0.39 is 148 Å². The molecule has 0 N–H and O–H groups in total. The standard InChI is InChI=1S/C62H49BN4/c1-6-19-42(3)64(4)47-31-33-53-57(39-47)65(5)59-36-41(2)37-60-61(59)63(53)54-34-32-48(66-55-29-17-16-26-51(55)52-38-46(30-35-56(52)66)43-20-10-7-11-21-43)40-58(54)67(60)62-49(44-22-12-8-13-23-44)27-18-28-50(62)45-24-14-9-15-25-45/h6-40H,3H2,1-2,4-5H3/b19-6-/i6D,7D,10D,11D,16D,17D,19D,20D,21D,26D,29D,30D,31D,32D,33D,34D,35D,38D,39D,40D. The number of benzene rings is 9. The predicted octanol–water partition coefficient (Wildman–Crippen LogP) is 14.0. The predicted molar refractivity (Wildman–Crippen MR) is 288 cm³/mol. The van der Waals surface area contributed by atoms with Crippen LogP contribution in [0.15, 0.2) is 224 Å². The fourth-order valence-electron chi connectivity index (χ4n) is 9.44. The smallest absolute Gasteiger partial charge is 0.252 e. The third-order valence-electron chi connectivity index (χ3n) is 12.5. The van der Waals surface area contributed by atoms with E-state index in [9.17, 15) is 15.1 Å². The molecule has 0 radical (unpaired) electrons. The van der Waals surface area contributed by atoms with Crippen LogP contribution in [0.5, 0.6) is 0 Å². The first-order valence-corrected chi connectivity index (χ1v) is 21.6. The van der Waals surface area contributed by atoms with Gasteiger partial charge in [-0.25, -0.2) is 0 Å². The zero-order valence-electron chi connectivity index (χ0n) is 56.7. The Morgan fingerprint density at radius 1 is 0.627 bits per heavy atom. The van der Waals surface area contributed by atoms with E-state index in [-0.39, 0.29) is 51.8 Å². The monoisotopic (exact) mass is 881 g/mol. The van der Waals surface area contributed by atoms with Crippen molar-refractivity contribution in [1.29, 1.82) is 0 Å². The van der Waals surface area contributed by atoms with Crippen LogP contribution in [0.25, 0.3) is 60.9 Å². The van der Waals surface area contributed by atoms with E-state index in [0.717, 1.165) is 15.7 Å². The molecule has 0 unspecified atom stereocenters. The van der Waals surface area contributed by atoms with E-state index in [0.29, 0.717) is 39.2 Å². The Morgan fingerprint density at radius 2 is 1.28 bits per heavy atom. The molecule has 0 bridgehead atoms. The summed E-state index contributed by atoms with van der Waals surface area (Å²) in [6.45, 7) is 5.98. The molecule has 0 saturated carbocycles. The van der Waals surface area contributed by atoms with E-state index in [4.69, 9.17) is 12.3 Å². The minimum atomic E-state index is -1.31. The Labute approximate surface area is 421 Å². The van der Waals surface area contributed by atoms with Crippen LogP contribution in [0.3, 0.4) is 0 Å². The molecule has 4 nitrogen and oxygen atoms in total. The average molecular weight is 881 g/mol. The van der Waals surface area contributed by atoms with Crippen LogP contribution in [0.1, 0.15) is 39.9 Å². The summed E-state index contributed by atoms with van der Waals surface area (Å²) in [5.74, 6) is 0. The first-order valence-electron chi connectivity index (χ1n) is 31.6. The molecule has 12 rings (SSSR count).